The summed E-state index contributed by atoms with van der Waals surface area (Å²) in [5, 5.41) is 15.1. The third-order valence-electron chi connectivity index (χ3n) is 3.52. The number of hydrogen-bond donors (Lipinski definition) is 1. The van der Waals surface area contributed by atoms with Crippen molar-refractivity contribution in [3.05, 3.63) is 46.3 Å². The predicted molar refractivity (Wildman–Crippen MR) is 103 cm³/mol. The number of nitrogens with one attached hydrogen (secondary N) is 1. The van der Waals surface area contributed by atoms with Gasteiger partial charge in [-0.15, -0.1) is 4.72 Å². The van der Waals surface area contributed by atoms with Crippen molar-refractivity contribution in [1.82, 2.24) is 19.5 Å². The van der Waals surface area contributed by atoms with Crippen LogP contribution in [0.1, 0.15) is 32.9 Å². The fraction of sp³-hybridized carbons (Fsp3) is 0.412. The second kappa shape index (κ2) is 8.43. The zero-order valence-corrected chi connectivity index (χ0v) is 16.1. The van der Waals surface area contributed by atoms with Gasteiger partial charge in [0.2, 0.25) is 0 Å². The van der Waals surface area contributed by atoms with Crippen LogP contribution in [-0.2, 0) is 18.4 Å². The molecule has 0 fully saturated rings. The Kier molecular flexibility index (Phi) is 6.52. The van der Waals surface area contributed by atoms with Crippen LogP contribution < -0.4 is 4.72 Å². The van der Waals surface area contributed by atoms with Crippen molar-refractivity contribution in [3.8, 4) is 11.4 Å². The summed E-state index contributed by atoms with van der Waals surface area (Å²) in [6.07, 6.45) is 5.68. The van der Waals surface area contributed by atoms with Crippen molar-refractivity contribution < 1.29 is 9.48 Å². The minimum atomic E-state index is -1.09. The van der Waals surface area contributed by atoms with Crippen LogP contribution in [0.5, 0.6) is 0 Å². The SMILES string of the molecule is Cn1ncc([N+](=O)[O-])c1-c1cccc(C=CCCN[S@@+]([O-])C(C)(C)C)n1. The monoisotopic (exact) mass is 377 g/mol. The van der Waals surface area contributed by atoms with Gasteiger partial charge in [0.25, 0.3) is 0 Å². The van der Waals surface area contributed by atoms with Crippen LogP contribution in [0.3, 0.4) is 0 Å². The first-order valence-electron chi connectivity index (χ1n) is 8.16. The van der Waals surface area contributed by atoms with E-state index < -0.39 is 16.3 Å². The normalized spacial score (nSPS) is 13.3. The third-order valence-corrected chi connectivity index (χ3v) is 5.10. The van der Waals surface area contributed by atoms with E-state index in [1.54, 1.807) is 19.2 Å². The third kappa shape index (κ3) is 5.13. The number of nitro groups is 1. The van der Waals surface area contributed by atoms with Gasteiger partial charge in [-0.25, -0.2) is 4.98 Å². The Hall–Kier alpha value is -2.23. The highest BCUT2D eigenvalue weighted by atomic mass is 32.2. The van der Waals surface area contributed by atoms with Gasteiger partial charge in [0.1, 0.15) is 10.9 Å². The van der Waals surface area contributed by atoms with Crippen molar-refractivity contribution >= 4 is 23.1 Å². The van der Waals surface area contributed by atoms with Gasteiger partial charge in [0.05, 0.1) is 16.3 Å². The van der Waals surface area contributed by atoms with Crippen molar-refractivity contribution in [1.29, 1.82) is 0 Å². The highest BCUT2D eigenvalue weighted by molar-refractivity contribution is 7.90. The minimum absolute atomic E-state index is 0.0741. The fourth-order valence-corrected chi connectivity index (χ4v) is 2.92. The lowest BCUT2D eigenvalue weighted by atomic mass is 10.2. The van der Waals surface area contributed by atoms with Crippen molar-refractivity contribution in [3.63, 3.8) is 0 Å². The Labute approximate surface area is 155 Å². The molecule has 140 valence electrons. The summed E-state index contributed by atoms with van der Waals surface area (Å²) in [6, 6.07) is 5.34. The van der Waals surface area contributed by atoms with Gasteiger partial charge in [-0.1, -0.05) is 12.1 Å². The van der Waals surface area contributed by atoms with E-state index in [4.69, 9.17) is 0 Å². The Morgan fingerprint density at radius 1 is 1.38 bits per heavy atom. The number of rotatable bonds is 7. The maximum atomic E-state index is 11.9. The Morgan fingerprint density at radius 3 is 2.77 bits per heavy atom. The standard InChI is InChI=1S/C17H23N5O3S/c1-17(2,3)26(25)19-11-6-5-8-13-9-7-10-14(20-13)16-15(22(23)24)12-18-21(16)4/h5,7-10,12,19H,6,11H2,1-4H3/t26-/m0/s1. The van der Waals surface area contributed by atoms with Crippen LogP contribution in [0.4, 0.5) is 5.69 Å². The summed E-state index contributed by atoms with van der Waals surface area (Å²) in [5.74, 6) is 0. The maximum Gasteiger partial charge on any atom is 0.316 e. The second-order valence-corrected chi connectivity index (χ2v) is 8.72. The van der Waals surface area contributed by atoms with Crippen molar-refractivity contribution in [2.45, 2.75) is 31.9 Å². The summed E-state index contributed by atoms with van der Waals surface area (Å²) < 4.78 is 16.0. The first-order chi connectivity index (χ1) is 12.2. The molecule has 0 saturated carbocycles. The Morgan fingerprint density at radius 2 is 2.12 bits per heavy atom. The van der Waals surface area contributed by atoms with Gasteiger partial charge >= 0.3 is 5.69 Å². The van der Waals surface area contributed by atoms with Crippen molar-refractivity contribution in [2.24, 2.45) is 7.05 Å². The van der Waals surface area contributed by atoms with E-state index in [9.17, 15) is 14.7 Å². The van der Waals surface area contributed by atoms with Gasteiger partial charge in [-0.3, -0.25) is 14.8 Å². The summed E-state index contributed by atoms with van der Waals surface area (Å²) in [6.45, 7) is 6.34. The average molecular weight is 377 g/mol. The summed E-state index contributed by atoms with van der Waals surface area (Å²) in [7, 11) is 1.65. The summed E-state index contributed by atoms with van der Waals surface area (Å²) >= 11 is -1.09. The quantitative estimate of drug-likeness (QED) is 0.344. The molecule has 0 bridgehead atoms. The molecule has 0 radical (unpaired) electrons. The van der Waals surface area contributed by atoms with E-state index in [1.165, 1.54) is 10.9 Å². The molecule has 2 heterocycles. The van der Waals surface area contributed by atoms with E-state index in [-0.39, 0.29) is 10.4 Å². The molecular weight excluding hydrogens is 354 g/mol. The number of hydrogen-bond acceptors (Lipinski definition) is 6. The topological polar surface area (TPSA) is 109 Å². The first-order valence-corrected chi connectivity index (χ1v) is 9.31. The molecule has 0 saturated heterocycles. The van der Waals surface area contributed by atoms with E-state index in [1.807, 2.05) is 39.0 Å². The van der Waals surface area contributed by atoms with Crippen LogP contribution in [0.2, 0.25) is 0 Å². The van der Waals surface area contributed by atoms with Crippen LogP contribution in [-0.4, -0.2) is 35.5 Å². The van der Waals surface area contributed by atoms with Crippen LogP contribution in [0.25, 0.3) is 17.5 Å². The average Bonchev–Trinajstić information content (AvgIpc) is 2.95. The molecule has 1 N–H and O–H groups in total. The van der Waals surface area contributed by atoms with Gasteiger partial charge in [-0.2, -0.15) is 5.10 Å². The zero-order chi connectivity index (χ0) is 19.3. The smallest absolute Gasteiger partial charge is 0.316 e. The van der Waals surface area contributed by atoms with Gasteiger partial charge in [0.15, 0.2) is 5.69 Å². The number of aromatic nitrogens is 3. The van der Waals surface area contributed by atoms with Crippen LogP contribution >= 0.6 is 0 Å². The van der Waals surface area contributed by atoms with Gasteiger partial charge in [0, 0.05) is 25.0 Å². The van der Waals surface area contributed by atoms with E-state index in [2.05, 4.69) is 14.8 Å². The number of nitrogens with zero attached hydrogens (tertiary/aromatic N) is 4. The maximum absolute atomic E-state index is 11.9. The zero-order valence-electron chi connectivity index (χ0n) is 15.3. The Bertz CT molecular complexity index is 798. The molecule has 2 aromatic heterocycles. The second-order valence-electron chi connectivity index (χ2n) is 6.67. The first kappa shape index (κ1) is 20.1. The molecule has 2 rings (SSSR count). The van der Waals surface area contributed by atoms with Gasteiger partial charge in [-0.05, 0) is 45.4 Å². The molecule has 26 heavy (non-hydrogen) atoms. The van der Waals surface area contributed by atoms with Crippen LogP contribution in [0, 0.1) is 10.1 Å². The van der Waals surface area contributed by atoms with Crippen LogP contribution in [0.15, 0.2) is 30.5 Å². The lowest BCUT2D eigenvalue weighted by Crippen LogP contribution is -2.39. The van der Waals surface area contributed by atoms with E-state index in [0.717, 1.165) is 0 Å². The van der Waals surface area contributed by atoms with E-state index >= 15 is 0 Å². The minimum Gasteiger partial charge on any atom is -0.598 e. The van der Waals surface area contributed by atoms with Crippen molar-refractivity contribution in [2.75, 3.05) is 6.54 Å². The Balaban J connectivity index is 2.04. The lowest BCUT2D eigenvalue weighted by molar-refractivity contribution is -0.384. The molecule has 0 amide bonds. The molecule has 0 aliphatic rings. The van der Waals surface area contributed by atoms with E-state index in [0.29, 0.717) is 30.0 Å². The molecule has 0 aliphatic carbocycles. The molecule has 0 aromatic carbocycles. The molecule has 8 nitrogen and oxygen atoms in total. The fourth-order valence-electron chi connectivity index (χ4n) is 2.19. The summed E-state index contributed by atoms with van der Waals surface area (Å²) in [4.78, 5) is 15.1. The molecule has 9 heteroatoms. The molecule has 0 unspecified atom stereocenters. The number of pyridine rings is 1. The molecule has 0 spiro atoms. The number of aryl methyl sites for hydroxylation is 1. The molecule has 0 aliphatic heterocycles. The molecule has 2 aromatic rings. The highest BCUT2D eigenvalue weighted by Crippen LogP contribution is 2.27. The highest BCUT2D eigenvalue weighted by Gasteiger charge is 2.25. The van der Waals surface area contributed by atoms with Gasteiger partial charge < -0.3 is 4.55 Å². The summed E-state index contributed by atoms with van der Waals surface area (Å²) in [5.41, 5.74) is 1.48. The largest absolute Gasteiger partial charge is 0.598 e. The lowest BCUT2D eigenvalue weighted by Gasteiger charge is -2.23. The molecule has 1 atom stereocenters. The molecular formula is C17H23N5O3S. The predicted octanol–water partition coefficient (Wildman–Crippen LogP) is 2.85.